The maximum Gasteiger partial charge on any atom is 0.0702 e. The number of benzene rings is 2. The Morgan fingerprint density at radius 2 is 1.93 bits per heavy atom. The minimum Gasteiger partial charge on any atom is -0.396 e. The third-order valence-corrected chi connectivity index (χ3v) is 5.86. The van der Waals surface area contributed by atoms with Gasteiger partial charge in [-0.3, -0.25) is 14.8 Å². The molecule has 1 N–H and O–H groups in total. The number of aliphatic hydroxyl groups is 1. The summed E-state index contributed by atoms with van der Waals surface area (Å²) in [5.41, 5.74) is 5.11. The molecule has 0 spiro atoms. The van der Waals surface area contributed by atoms with E-state index in [2.05, 4.69) is 70.2 Å². The van der Waals surface area contributed by atoms with Gasteiger partial charge in [-0.1, -0.05) is 36.4 Å². The quantitative estimate of drug-likeness (QED) is 0.714. The van der Waals surface area contributed by atoms with Gasteiger partial charge >= 0.3 is 0 Å². The summed E-state index contributed by atoms with van der Waals surface area (Å²) in [4.78, 5) is 9.48. The van der Waals surface area contributed by atoms with Crippen molar-refractivity contribution in [3.8, 4) is 0 Å². The summed E-state index contributed by atoms with van der Waals surface area (Å²) in [5, 5.41) is 10.8. The van der Waals surface area contributed by atoms with Gasteiger partial charge in [-0.05, 0) is 48.2 Å². The maximum atomic E-state index is 9.60. The summed E-state index contributed by atoms with van der Waals surface area (Å²) >= 11 is 0. The Morgan fingerprint density at radius 1 is 1.04 bits per heavy atom. The van der Waals surface area contributed by atoms with E-state index in [4.69, 9.17) is 0 Å². The van der Waals surface area contributed by atoms with Gasteiger partial charge in [-0.25, -0.2) is 0 Å². The molecule has 1 saturated heterocycles. The summed E-state index contributed by atoms with van der Waals surface area (Å²) in [6.07, 6.45) is 2.67. The van der Waals surface area contributed by atoms with E-state index in [1.165, 1.54) is 22.1 Å². The molecule has 1 aromatic heterocycles. The van der Waals surface area contributed by atoms with Gasteiger partial charge < -0.3 is 5.11 Å². The van der Waals surface area contributed by atoms with E-state index in [1.807, 2.05) is 12.3 Å². The first kappa shape index (κ1) is 19.1. The van der Waals surface area contributed by atoms with E-state index in [0.29, 0.717) is 6.04 Å². The van der Waals surface area contributed by atoms with Crippen molar-refractivity contribution in [2.45, 2.75) is 32.5 Å². The van der Waals surface area contributed by atoms with E-state index in [-0.39, 0.29) is 6.61 Å². The van der Waals surface area contributed by atoms with Crippen LogP contribution in [-0.4, -0.2) is 52.2 Å². The van der Waals surface area contributed by atoms with Gasteiger partial charge in [0.05, 0.1) is 5.52 Å². The fraction of sp³-hybridized carbons (Fsp3) is 0.375. The molecule has 4 heteroatoms. The molecule has 4 nitrogen and oxygen atoms in total. The summed E-state index contributed by atoms with van der Waals surface area (Å²) in [7, 11) is 0. The highest BCUT2D eigenvalue weighted by atomic mass is 16.3. The van der Waals surface area contributed by atoms with Crippen molar-refractivity contribution in [1.29, 1.82) is 0 Å². The zero-order valence-corrected chi connectivity index (χ0v) is 16.6. The van der Waals surface area contributed by atoms with Crippen LogP contribution >= 0.6 is 0 Å². The Morgan fingerprint density at radius 3 is 2.79 bits per heavy atom. The Hall–Kier alpha value is -2.27. The molecule has 1 aliphatic rings. The van der Waals surface area contributed by atoms with Crippen LogP contribution in [0.2, 0.25) is 0 Å². The second-order valence-corrected chi connectivity index (χ2v) is 7.83. The van der Waals surface area contributed by atoms with Gasteiger partial charge in [-0.2, -0.15) is 0 Å². The van der Waals surface area contributed by atoms with Gasteiger partial charge in [0, 0.05) is 57.0 Å². The van der Waals surface area contributed by atoms with Crippen molar-refractivity contribution < 1.29 is 5.11 Å². The summed E-state index contributed by atoms with van der Waals surface area (Å²) in [6.45, 7) is 7.42. The van der Waals surface area contributed by atoms with Crippen LogP contribution in [0.5, 0.6) is 0 Å². The minimum absolute atomic E-state index is 0.240. The molecule has 28 heavy (non-hydrogen) atoms. The molecule has 1 atom stereocenters. The molecule has 2 aromatic carbocycles. The Labute approximate surface area is 167 Å². The lowest BCUT2D eigenvalue weighted by atomic mass is 10.0. The van der Waals surface area contributed by atoms with Crippen LogP contribution in [0, 0.1) is 6.92 Å². The molecule has 1 aliphatic heterocycles. The second-order valence-electron chi connectivity index (χ2n) is 7.83. The highest BCUT2D eigenvalue weighted by Crippen LogP contribution is 2.21. The molecule has 3 aromatic rings. The topological polar surface area (TPSA) is 39.6 Å². The third kappa shape index (κ3) is 4.41. The van der Waals surface area contributed by atoms with Crippen molar-refractivity contribution in [2.24, 2.45) is 0 Å². The summed E-state index contributed by atoms with van der Waals surface area (Å²) < 4.78 is 0. The van der Waals surface area contributed by atoms with E-state index >= 15 is 0 Å². The normalized spacial score (nSPS) is 18.6. The van der Waals surface area contributed by atoms with Crippen LogP contribution in [0.4, 0.5) is 0 Å². The highest BCUT2D eigenvalue weighted by molar-refractivity contribution is 5.78. The lowest BCUT2D eigenvalue weighted by Gasteiger charge is -2.41. The molecule has 0 saturated carbocycles. The average Bonchev–Trinajstić information content (AvgIpc) is 2.71. The number of fused-ring (bicyclic) bond motifs is 1. The first-order valence-corrected chi connectivity index (χ1v) is 10.2. The lowest BCUT2D eigenvalue weighted by Crippen LogP contribution is -2.52. The monoisotopic (exact) mass is 375 g/mol. The van der Waals surface area contributed by atoms with Crippen LogP contribution in [0.25, 0.3) is 10.9 Å². The van der Waals surface area contributed by atoms with Gasteiger partial charge in [0.15, 0.2) is 0 Å². The van der Waals surface area contributed by atoms with Crippen molar-refractivity contribution in [1.82, 2.24) is 14.8 Å². The summed E-state index contributed by atoms with van der Waals surface area (Å²) in [5.74, 6) is 0. The summed E-state index contributed by atoms with van der Waals surface area (Å²) in [6, 6.07) is 19.7. The number of aliphatic hydroxyl groups excluding tert-OH is 1. The molecule has 4 rings (SSSR count). The number of rotatable bonds is 6. The first-order valence-electron chi connectivity index (χ1n) is 10.2. The smallest absolute Gasteiger partial charge is 0.0702 e. The van der Waals surface area contributed by atoms with Gasteiger partial charge in [0.1, 0.15) is 0 Å². The standard InChI is InChI=1S/C24H29N3O/c1-19-5-2-3-6-22(19)17-27-13-12-26(18-23(27)10-14-28)16-20-8-9-24-21(15-20)7-4-11-25-24/h2-9,11,15,23,28H,10,12-14,16-18H2,1H3. The third-order valence-electron chi connectivity index (χ3n) is 5.86. The number of pyridine rings is 1. The largest absolute Gasteiger partial charge is 0.396 e. The van der Waals surface area contributed by atoms with Crippen molar-refractivity contribution in [2.75, 3.05) is 26.2 Å². The molecule has 1 fully saturated rings. The van der Waals surface area contributed by atoms with Crippen molar-refractivity contribution in [3.05, 3.63) is 77.5 Å². The molecule has 0 bridgehead atoms. The molecular formula is C24H29N3O. The van der Waals surface area contributed by atoms with E-state index in [9.17, 15) is 5.11 Å². The van der Waals surface area contributed by atoms with Crippen LogP contribution in [0.15, 0.2) is 60.8 Å². The van der Waals surface area contributed by atoms with Gasteiger partial charge in [-0.15, -0.1) is 0 Å². The number of hydrogen-bond donors (Lipinski definition) is 1. The van der Waals surface area contributed by atoms with E-state index < -0.39 is 0 Å². The van der Waals surface area contributed by atoms with Crippen molar-refractivity contribution >= 4 is 10.9 Å². The van der Waals surface area contributed by atoms with Crippen molar-refractivity contribution in [3.63, 3.8) is 0 Å². The molecule has 146 valence electrons. The van der Waals surface area contributed by atoms with Gasteiger partial charge in [0.25, 0.3) is 0 Å². The lowest BCUT2D eigenvalue weighted by molar-refractivity contribution is 0.0499. The van der Waals surface area contributed by atoms with E-state index in [0.717, 1.165) is 44.7 Å². The average molecular weight is 376 g/mol. The second kappa shape index (κ2) is 8.82. The fourth-order valence-corrected chi connectivity index (χ4v) is 4.22. The number of piperazine rings is 1. The highest BCUT2D eigenvalue weighted by Gasteiger charge is 2.27. The predicted molar refractivity (Wildman–Crippen MR) is 114 cm³/mol. The molecule has 1 unspecified atom stereocenters. The maximum absolute atomic E-state index is 9.60. The molecule has 2 heterocycles. The fourth-order valence-electron chi connectivity index (χ4n) is 4.22. The number of aromatic nitrogens is 1. The molecule has 0 aliphatic carbocycles. The number of nitrogens with zero attached hydrogens (tertiary/aromatic N) is 3. The zero-order valence-electron chi connectivity index (χ0n) is 16.6. The van der Waals surface area contributed by atoms with Gasteiger partial charge in [0.2, 0.25) is 0 Å². The Bertz CT molecular complexity index is 926. The molecule has 0 radical (unpaired) electrons. The number of hydrogen-bond acceptors (Lipinski definition) is 4. The SMILES string of the molecule is Cc1ccccc1CN1CCN(Cc2ccc3ncccc3c2)CC1CCO. The molecular weight excluding hydrogens is 346 g/mol. The minimum atomic E-state index is 0.240. The van der Waals surface area contributed by atoms with Crippen LogP contribution in [0.1, 0.15) is 23.1 Å². The van der Waals surface area contributed by atoms with E-state index in [1.54, 1.807) is 0 Å². The van der Waals surface area contributed by atoms with Crippen LogP contribution in [-0.2, 0) is 13.1 Å². The predicted octanol–water partition coefficient (Wildman–Crippen LogP) is 3.61. The van der Waals surface area contributed by atoms with Crippen LogP contribution in [0.3, 0.4) is 0 Å². The Kier molecular flexibility index (Phi) is 6.01. The van der Waals surface area contributed by atoms with Crippen LogP contribution < -0.4 is 0 Å². The Balaban J connectivity index is 1.44. The molecule has 0 amide bonds. The zero-order chi connectivity index (χ0) is 19.3. The first-order chi connectivity index (χ1) is 13.7. The number of aryl methyl sites for hydroxylation is 1.